The Hall–Kier alpha value is -1.55. The summed E-state index contributed by atoms with van der Waals surface area (Å²) in [7, 11) is 0. The van der Waals surface area contributed by atoms with Crippen LogP contribution in [0.25, 0.3) is 0 Å². The van der Waals surface area contributed by atoms with Gasteiger partial charge < -0.3 is 5.73 Å². The summed E-state index contributed by atoms with van der Waals surface area (Å²) >= 11 is 0. The Labute approximate surface area is 83.4 Å². The third-order valence-corrected chi connectivity index (χ3v) is 1.87. The number of guanidine groups is 1. The third kappa shape index (κ3) is 2.74. The van der Waals surface area contributed by atoms with Gasteiger partial charge in [0.05, 0.1) is 5.69 Å². The Morgan fingerprint density at radius 2 is 2.21 bits per heavy atom. The smallest absolute Gasteiger partial charge is 0.218 e. The van der Waals surface area contributed by atoms with Crippen LogP contribution in [0.4, 0.5) is 5.69 Å². The van der Waals surface area contributed by atoms with Gasteiger partial charge >= 0.3 is 0 Å². The molecule has 4 N–H and O–H groups in total. The highest BCUT2D eigenvalue weighted by Gasteiger charge is 1.99. The van der Waals surface area contributed by atoms with Crippen molar-refractivity contribution in [3.05, 3.63) is 29.8 Å². The van der Waals surface area contributed by atoms with E-state index in [0.29, 0.717) is 0 Å². The van der Waals surface area contributed by atoms with Crippen molar-refractivity contribution in [2.75, 3.05) is 0 Å². The van der Waals surface area contributed by atoms with Crippen LogP contribution < -0.4 is 11.2 Å². The van der Waals surface area contributed by atoms with E-state index in [4.69, 9.17) is 10.9 Å². The molecule has 14 heavy (non-hydrogen) atoms. The van der Waals surface area contributed by atoms with E-state index in [1.807, 2.05) is 29.7 Å². The minimum absolute atomic E-state index is 0.00792. The maximum atomic E-state index is 8.51. The lowest BCUT2D eigenvalue weighted by molar-refractivity contribution is 0.233. The summed E-state index contributed by atoms with van der Waals surface area (Å²) in [5, 5.41) is 8.51. The largest absolute Gasteiger partial charge is 0.368 e. The Bertz CT molecular complexity index is 323. The normalized spacial score (nSPS) is 11.4. The summed E-state index contributed by atoms with van der Waals surface area (Å²) in [6.45, 7) is 2.11. The first-order valence-corrected chi connectivity index (χ1v) is 4.60. The predicted octanol–water partition coefficient (Wildman–Crippen LogP) is 1.56. The van der Waals surface area contributed by atoms with Crippen molar-refractivity contribution in [3.8, 4) is 0 Å². The number of para-hydroxylation sites is 1. The molecule has 0 radical (unpaired) electrons. The minimum Gasteiger partial charge on any atom is -0.368 e. The molecule has 4 heteroatoms. The van der Waals surface area contributed by atoms with E-state index in [0.717, 1.165) is 24.1 Å². The minimum atomic E-state index is 0.00792. The van der Waals surface area contributed by atoms with Crippen LogP contribution >= 0.6 is 0 Å². The van der Waals surface area contributed by atoms with Crippen LogP contribution in [0.5, 0.6) is 0 Å². The number of nitrogens with two attached hydrogens (primary N) is 1. The van der Waals surface area contributed by atoms with E-state index in [-0.39, 0.29) is 5.96 Å². The van der Waals surface area contributed by atoms with Crippen LogP contribution in [0.1, 0.15) is 18.9 Å². The average Bonchev–Trinajstić information content (AvgIpc) is 2.21. The number of rotatable bonds is 3. The number of aryl methyl sites for hydroxylation is 1. The van der Waals surface area contributed by atoms with Crippen molar-refractivity contribution >= 4 is 11.6 Å². The first kappa shape index (κ1) is 10.5. The molecule has 1 aromatic rings. The highest BCUT2D eigenvalue weighted by atomic mass is 16.5. The van der Waals surface area contributed by atoms with E-state index in [1.54, 1.807) is 0 Å². The van der Waals surface area contributed by atoms with Gasteiger partial charge in [-0.2, -0.15) is 0 Å². The molecule has 0 aromatic heterocycles. The number of nitrogens with one attached hydrogen (secondary N) is 1. The number of nitrogens with zero attached hydrogens (tertiary/aromatic N) is 1. The van der Waals surface area contributed by atoms with Gasteiger partial charge in [-0.25, -0.2) is 10.5 Å². The second kappa shape index (κ2) is 5.24. The fourth-order valence-electron chi connectivity index (χ4n) is 1.26. The van der Waals surface area contributed by atoms with Crippen LogP contribution in [-0.2, 0) is 6.42 Å². The SMILES string of the molecule is CCCc1ccccc1N=C(N)NO. The number of aliphatic imine (C=N–C) groups is 1. The van der Waals surface area contributed by atoms with Gasteiger partial charge in [0.25, 0.3) is 0 Å². The maximum Gasteiger partial charge on any atom is 0.218 e. The lowest BCUT2D eigenvalue weighted by atomic mass is 10.1. The van der Waals surface area contributed by atoms with Gasteiger partial charge in [0.2, 0.25) is 5.96 Å². The van der Waals surface area contributed by atoms with Crippen molar-refractivity contribution in [1.82, 2.24) is 5.48 Å². The topological polar surface area (TPSA) is 70.6 Å². The molecule has 0 aliphatic heterocycles. The van der Waals surface area contributed by atoms with E-state index in [1.165, 1.54) is 0 Å². The van der Waals surface area contributed by atoms with Crippen LogP contribution in [0, 0.1) is 0 Å². The molecule has 0 amide bonds. The Morgan fingerprint density at radius 3 is 2.86 bits per heavy atom. The first-order chi connectivity index (χ1) is 6.77. The number of benzene rings is 1. The molecule has 0 saturated heterocycles. The number of hydrogen-bond donors (Lipinski definition) is 3. The van der Waals surface area contributed by atoms with Crippen LogP contribution in [0.3, 0.4) is 0 Å². The molecule has 4 nitrogen and oxygen atoms in total. The molecule has 76 valence electrons. The summed E-state index contributed by atoms with van der Waals surface area (Å²) in [6.07, 6.45) is 2.01. The van der Waals surface area contributed by atoms with E-state index in [2.05, 4.69) is 11.9 Å². The van der Waals surface area contributed by atoms with Crippen LogP contribution in [0.2, 0.25) is 0 Å². The van der Waals surface area contributed by atoms with Gasteiger partial charge in [-0.3, -0.25) is 5.21 Å². The monoisotopic (exact) mass is 193 g/mol. The maximum absolute atomic E-state index is 8.51. The lowest BCUT2D eigenvalue weighted by Crippen LogP contribution is -2.27. The molecule has 1 aromatic carbocycles. The summed E-state index contributed by atoms with van der Waals surface area (Å²) in [6, 6.07) is 7.73. The highest BCUT2D eigenvalue weighted by molar-refractivity contribution is 5.80. The van der Waals surface area contributed by atoms with E-state index < -0.39 is 0 Å². The Balaban J connectivity index is 2.95. The lowest BCUT2D eigenvalue weighted by Gasteiger charge is -2.04. The molecule has 0 aliphatic carbocycles. The van der Waals surface area contributed by atoms with E-state index in [9.17, 15) is 0 Å². The Kier molecular flexibility index (Phi) is 3.94. The molecular weight excluding hydrogens is 178 g/mol. The number of hydrogen-bond acceptors (Lipinski definition) is 2. The predicted molar refractivity (Wildman–Crippen MR) is 56.6 cm³/mol. The quantitative estimate of drug-likeness (QED) is 0.387. The number of hydroxylamine groups is 1. The van der Waals surface area contributed by atoms with Crippen molar-refractivity contribution in [1.29, 1.82) is 0 Å². The van der Waals surface area contributed by atoms with Crippen molar-refractivity contribution in [2.24, 2.45) is 10.7 Å². The molecule has 0 saturated carbocycles. The van der Waals surface area contributed by atoms with Crippen molar-refractivity contribution in [2.45, 2.75) is 19.8 Å². The van der Waals surface area contributed by atoms with Gasteiger partial charge in [-0.1, -0.05) is 31.5 Å². The zero-order valence-corrected chi connectivity index (χ0v) is 8.20. The summed E-state index contributed by atoms with van der Waals surface area (Å²) in [5.41, 5.74) is 9.10. The molecule has 0 atom stereocenters. The zero-order valence-electron chi connectivity index (χ0n) is 8.20. The second-order valence-corrected chi connectivity index (χ2v) is 2.99. The van der Waals surface area contributed by atoms with E-state index >= 15 is 0 Å². The molecule has 0 spiro atoms. The average molecular weight is 193 g/mol. The summed E-state index contributed by atoms with van der Waals surface area (Å²) < 4.78 is 0. The molecule has 0 bridgehead atoms. The molecular formula is C10H15N3O. The first-order valence-electron chi connectivity index (χ1n) is 4.60. The van der Waals surface area contributed by atoms with Gasteiger partial charge in [-0.15, -0.1) is 0 Å². The second-order valence-electron chi connectivity index (χ2n) is 2.99. The molecule has 0 heterocycles. The fraction of sp³-hybridized carbons (Fsp3) is 0.300. The molecule has 1 rings (SSSR count). The molecule has 0 unspecified atom stereocenters. The zero-order chi connectivity index (χ0) is 10.4. The van der Waals surface area contributed by atoms with Crippen LogP contribution in [0.15, 0.2) is 29.3 Å². The summed E-state index contributed by atoms with van der Waals surface area (Å²) in [5.74, 6) is 0.00792. The van der Waals surface area contributed by atoms with Crippen LogP contribution in [-0.4, -0.2) is 11.2 Å². The summed E-state index contributed by atoms with van der Waals surface area (Å²) in [4.78, 5) is 4.03. The molecule has 0 aliphatic rings. The third-order valence-electron chi connectivity index (χ3n) is 1.87. The van der Waals surface area contributed by atoms with Gasteiger partial charge in [0.1, 0.15) is 0 Å². The van der Waals surface area contributed by atoms with Gasteiger partial charge in [-0.05, 0) is 18.1 Å². The Morgan fingerprint density at radius 1 is 1.50 bits per heavy atom. The van der Waals surface area contributed by atoms with Gasteiger partial charge in [0, 0.05) is 0 Å². The molecule has 0 fully saturated rings. The van der Waals surface area contributed by atoms with Crippen molar-refractivity contribution in [3.63, 3.8) is 0 Å². The highest BCUT2D eigenvalue weighted by Crippen LogP contribution is 2.19. The standard InChI is InChI=1S/C10H15N3O/c1-2-5-8-6-3-4-7-9(8)12-10(11)13-14/h3-4,6-7,14H,2,5H2,1H3,(H3,11,12,13). The van der Waals surface area contributed by atoms with Gasteiger partial charge in [0.15, 0.2) is 0 Å². The van der Waals surface area contributed by atoms with Crippen molar-refractivity contribution < 1.29 is 5.21 Å². The fourth-order valence-corrected chi connectivity index (χ4v) is 1.26.